The molecule has 0 saturated carbocycles. The van der Waals surface area contributed by atoms with Gasteiger partial charge in [-0.3, -0.25) is 4.72 Å². The second-order valence-corrected chi connectivity index (χ2v) is 12.1. The number of halogens is 1. The highest BCUT2D eigenvalue weighted by Gasteiger charge is 2.12. The zero-order valence-electron chi connectivity index (χ0n) is 16.6. The number of nitrogens with two attached hydrogens (primary N) is 1. The third-order valence-corrected chi connectivity index (χ3v) is 5.13. The second kappa shape index (κ2) is 9.82. The molecule has 2 aromatic rings. The fourth-order valence-corrected chi connectivity index (χ4v) is 4.00. The molecule has 0 unspecified atom stereocenters. The summed E-state index contributed by atoms with van der Waals surface area (Å²) in [5.74, 6) is 0. The number of fused-ring (bicyclic) bond motifs is 2. The van der Waals surface area contributed by atoms with Gasteiger partial charge in [-0.2, -0.15) is 0 Å². The molecule has 160 valence electrons. The van der Waals surface area contributed by atoms with E-state index in [1.165, 1.54) is 54.2 Å². The standard InChI is InChI=1S/C10H13NO2S.C9H11N.CH3ClO2S/c1-14(12,13)11-10-6-5-8-3-2-4-9(8)7-10;10-9-5-4-7-2-1-3-8(7)6-9;1-5(2,3)4/h5-7,11H,2-4H2,1H3;4-6H,1-3,10H2;1H3. The first-order valence-corrected chi connectivity index (χ1v) is 13.9. The quantitative estimate of drug-likeness (QED) is 0.529. The van der Waals surface area contributed by atoms with Gasteiger partial charge in [0.2, 0.25) is 19.1 Å². The van der Waals surface area contributed by atoms with Crippen molar-refractivity contribution in [3.8, 4) is 0 Å². The van der Waals surface area contributed by atoms with Crippen molar-refractivity contribution in [3.05, 3.63) is 58.7 Å². The Morgan fingerprint density at radius 3 is 1.76 bits per heavy atom. The number of nitrogens with one attached hydrogen (secondary N) is 1. The summed E-state index contributed by atoms with van der Waals surface area (Å²) >= 11 is 0. The van der Waals surface area contributed by atoms with E-state index in [-0.39, 0.29) is 0 Å². The number of aryl methyl sites for hydroxylation is 4. The van der Waals surface area contributed by atoms with Gasteiger partial charge in [-0.25, -0.2) is 16.8 Å². The van der Waals surface area contributed by atoms with Crippen LogP contribution in [0.25, 0.3) is 0 Å². The van der Waals surface area contributed by atoms with Crippen molar-refractivity contribution < 1.29 is 16.8 Å². The molecule has 3 N–H and O–H groups in total. The number of hydrogen-bond donors (Lipinski definition) is 2. The number of nitrogen functional groups attached to an aromatic ring is 1. The largest absolute Gasteiger partial charge is 0.399 e. The van der Waals surface area contributed by atoms with Gasteiger partial charge in [0.15, 0.2) is 0 Å². The van der Waals surface area contributed by atoms with Crippen molar-refractivity contribution in [2.45, 2.75) is 38.5 Å². The Balaban J connectivity index is 0.000000175. The minimum Gasteiger partial charge on any atom is -0.399 e. The molecule has 0 aromatic heterocycles. The molecule has 0 saturated heterocycles. The summed E-state index contributed by atoms with van der Waals surface area (Å²) in [6.45, 7) is 0. The van der Waals surface area contributed by atoms with Gasteiger partial charge in [-0.15, -0.1) is 0 Å². The van der Waals surface area contributed by atoms with Gasteiger partial charge in [0, 0.05) is 22.1 Å². The summed E-state index contributed by atoms with van der Waals surface area (Å²) in [4.78, 5) is 0. The molecule has 6 nitrogen and oxygen atoms in total. The van der Waals surface area contributed by atoms with Crippen LogP contribution >= 0.6 is 10.7 Å². The van der Waals surface area contributed by atoms with Crippen molar-refractivity contribution in [3.63, 3.8) is 0 Å². The van der Waals surface area contributed by atoms with Crippen LogP contribution < -0.4 is 10.5 Å². The van der Waals surface area contributed by atoms with Crippen molar-refractivity contribution >= 4 is 41.1 Å². The average Bonchev–Trinajstić information content (AvgIpc) is 3.20. The summed E-state index contributed by atoms with van der Waals surface area (Å²) < 4.78 is 43.3. The maximum Gasteiger partial charge on any atom is 0.229 e. The van der Waals surface area contributed by atoms with Crippen molar-refractivity contribution in [2.75, 3.05) is 23.0 Å². The third-order valence-electron chi connectivity index (χ3n) is 4.52. The molecule has 0 heterocycles. The first kappa shape index (κ1) is 23.5. The SMILES string of the molecule is CS(=O)(=O)Cl.CS(=O)(=O)Nc1ccc2c(c1)CCC2.Nc1ccc2c(c1)CCC2. The highest BCUT2D eigenvalue weighted by atomic mass is 35.7. The van der Waals surface area contributed by atoms with E-state index in [0.717, 1.165) is 24.8 Å². The number of sulfonamides is 1. The monoisotopic (exact) mass is 458 g/mol. The lowest BCUT2D eigenvalue weighted by molar-refractivity contribution is 0.606. The zero-order valence-corrected chi connectivity index (χ0v) is 19.0. The van der Waals surface area contributed by atoms with Crippen LogP contribution in [0.5, 0.6) is 0 Å². The molecule has 4 rings (SSSR count). The predicted molar refractivity (Wildman–Crippen MR) is 121 cm³/mol. The Morgan fingerprint density at radius 2 is 1.24 bits per heavy atom. The minimum atomic E-state index is -3.19. The molecular weight excluding hydrogens is 432 g/mol. The lowest BCUT2D eigenvalue weighted by atomic mass is 10.1. The smallest absolute Gasteiger partial charge is 0.229 e. The first-order valence-electron chi connectivity index (χ1n) is 9.27. The summed E-state index contributed by atoms with van der Waals surface area (Å²) in [6.07, 6.45) is 9.23. The molecule has 0 atom stereocenters. The molecule has 0 fully saturated rings. The van der Waals surface area contributed by atoms with Gasteiger partial charge in [-0.1, -0.05) is 12.1 Å². The Kier molecular flexibility index (Phi) is 7.96. The molecule has 0 bridgehead atoms. The highest BCUT2D eigenvalue weighted by molar-refractivity contribution is 8.13. The lowest BCUT2D eigenvalue weighted by Gasteiger charge is -2.05. The molecule has 9 heteroatoms. The molecule has 29 heavy (non-hydrogen) atoms. The summed E-state index contributed by atoms with van der Waals surface area (Å²) in [7, 11) is -1.84. The molecular formula is C20H27ClN2O4S2. The van der Waals surface area contributed by atoms with E-state index in [2.05, 4.69) is 27.5 Å². The van der Waals surface area contributed by atoms with Crippen LogP contribution in [-0.2, 0) is 44.8 Å². The van der Waals surface area contributed by atoms with E-state index in [4.69, 9.17) is 5.73 Å². The Hall–Kier alpha value is -1.77. The molecule has 0 spiro atoms. The normalized spacial score (nSPS) is 14.6. The van der Waals surface area contributed by atoms with E-state index in [1.54, 1.807) is 0 Å². The van der Waals surface area contributed by atoms with Crippen molar-refractivity contribution in [1.29, 1.82) is 0 Å². The van der Waals surface area contributed by atoms with E-state index in [0.29, 0.717) is 5.69 Å². The third kappa shape index (κ3) is 9.06. The minimum absolute atomic E-state index is 0.674. The van der Waals surface area contributed by atoms with Gasteiger partial charge in [0.05, 0.1) is 12.5 Å². The molecule has 2 aliphatic carbocycles. The van der Waals surface area contributed by atoms with Crippen LogP contribution in [0.2, 0.25) is 0 Å². The highest BCUT2D eigenvalue weighted by Crippen LogP contribution is 2.25. The van der Waals surface area contributed by atoms with Gasteiger partial charge < -0.3 is 5.73 Å². The van der Waals surface area contributed by atoms with E-state index in [1.807, 2.05) is 24.3 Å². The molecule has 2 aromatic carbocycles. The van der Waals surface area contributed by atoms with Crippen LogP contribution in [0.3, 0.4) is 0 Å². The number of anilines is 2. The second-order valence-electron chi connectivity index (χ2n) is 7.27. The lowest BCUT2D eigenvalue weighted by Crippen LogP contribution is -2.09. The van der Waals surface area contributed by atoms with Crippen LogP contribution in [-0.4, -0.2) is 29.3 Å². The topological polar surface area (TPSA) is 106 Å². The van der Waals surface area contributed by atoms with Crippen LogP contribution in [0.4, 0.5) is 11.4 Å². The van der Waals surface area contributed by atoms with Crippen molar-refractivity contribution in [2.24, 2.45) is 0 Å². The zero-order chi connectivity index (χ0) is 21.7. The van der Waals surface area contributed by atoms with E-state index < -0.39 is 19.1 Å². The number of rotatable bonds is 2. The average molecular weight is 459 g/mol. The van der Waals surface area contributed by atoms with Gasteiger partial charge in [0.1, 0.15) is 0 Å². The molecule has 0 amide bonds. The number of hydrogen-bond acceptors (Lipinski definition) is 5. The predicted octanol–water partition coefficient (Wildman–Crippen LogP) is 3.49. The van der Waals surface area contributed by atoms with E-state index in [9.17, 15) is 16.8 Å². The van der Waals surface area contributed by atoms with Gasteiger partial charge in [0.25, 0.3) is 0 Å². The summed E-state index contributed by atoms with van der Waals surface area (Å²) in [5, 5.41) is 0. The van der Waals surface area contributed by atoms with Crippen LogP contribution in [0.1, 0.15) is 35.1 Å². The molecule has 2 aliphatic rings. The Labute approximate surface area is 177 Å². The maximum atomic E-state index is 11.0. The van der Waals surface area contributed by atoms with Gasteiger partial charge >= 0.3 is 0 Å². The van der Waals surface area contributed by atoms with E-state index >= 15 is 0 Å². The summed E-state index contributed by atoms with van der Waals surface area (Å²) in [5.41, 5.74) is 12.8. The number of benzene rings is 2. The summed E-state index contributed by atoms with van der Waals surface area (Å²) in [6, 6.07) is 12.0. The first-order chi connectivity index (χ1) is 13.4. The Morgan fingerprint density at radius 1 is 0.793 bits per heavy atom. The Bertz CT molecular complexity index is 1060. The molecule has 0 aliphatic heterocycles. The fourth-order valence-electron chi connectivity index (χ4n) is 3.44. The maximum absolute atomic E-state index is 11.0. The van der Waals surface area contributed by atoms with Crippen molar-refractivity contribution in [1.82, 2.24) is 0 Å². The van der Waals surface area contributed by atoms with Crippen LogP contribution in [0.15, 0.2) is 36.4 Å². The van der Waals surface area contributed by atoms with Gasteiger partial charge in [-0.05, 0) is 85.0 Å². The molecule has 0 radical (unpaired) electrons. The van der Waals surface area contributed by atoms with Crippen LogP contribution in [0, 0.1) is 0 Å². The fraction of sp³-hybridized carbons (Fsp3) is 0.400.